The SMILES string of the molecule is CC(C)NC(=O)Cn1c(N)nc2cc(F)c(Br)cc21. The van der Waals surface area contributed by atoms with E-state index in [1.807, 2.05) is 13.8 Å². The van der Waals surface area contributed by atoms with Crippen molar-refractivity contribution >= 4 is 38.8 Å². The maximum absolute atomic E-state index is 13.4. The van der Waals surface area contributed by atoms with E-state index in [1.165, 1.54) is 6.07 Å². The third-order valence-corrected chi connectivity index (χ3v) is 3.18. The second-order valence-corrected chi connectivity index (χ2v) is 5.39. The van der Waals surface area contributed by atoms with Crippen molar-refractivity contribution in [2.75, 3.05) is 5.73 Å². The molecule has 0 radical (unpaired) electrons. The maximum atomic E-state index is 13.4. The number of amides is 1. The van der Waals surface area contributed by atoms with Crippen LogP contribution in [0.15, 0.2) is 16.6 Å². The number of hydrogen-bond acceptors (Lipinski definition) is 3. The minimum absolute atomic E-state index is 0.0488. The minimum Gasteiger partial charge on any atom is -0.369 e. The van der Waals surface area contributed by atoms with Gasteiger partial charge < -0.3 is 15.6 Å². The van der Waals surface area contributed by atoms with Crippen LogP contribution in [-0.4, -0.2) is 21.5 Å². The summed E-state index contributed by atoms with van der Waals surface area (Å²) in [7, 11) is 0. The summed E-state index contributed by atoms with van der Waals surface area (Å²) in [6.07, 6.45) is 0. The second-order valence-electron chi connectivity index (χ2n) is 4.53. The van der Waals surface area contributed by atoms with Gasteiger partial charge in [-0.1, -0.05) is 0 Å². The first-order valence-corrected chi connectivity index (χ1v) is 6.58. The van der Waals surface area contributed by atoms with Crippen molar-refractivity contribution in [3.8, 4) is 0 Å². The molecule has 102 valence electrons. The van der Waals surface area contributed by atoms with Gasteiger partial charge in [0.05, 0.1) is 15.5 Å². The van der Waals surface area contributed by atoms with Gasteiger partial charge in [-0.2, -0.15) is 0 Å². The molecular weight excluding hydrogens is 315 g/mol. The number of aromatic nitrogens is 2. The second kappa shape index (κ2) is 5.16. The van der Waals surface area contributed by atoms with E-state index in [0.717, 1.165) is 0 Å². The number of carbonyl (C=O) groups excluding carboxylic acids is 1. The maximum Gasteiger partial charge on any atom is 0.240 e. The van der Waals surface area contributed by atoms with Gasteiger partial charge in [0.1, 0.15) is 12.4 Å². The van der Waals surface area contributed by atoms with Gasteiger partial charge in [0.15, 0.2) is 0 Å². The van der Waals surface area contributed by atoms with Gasteiger partial charge in [-0.25, -0.2) is 9.37 Å². The molecule has 7 heteroatoms. The Labute approximate surface area is 118 Å². The molecular formula is C12H14BrFN4O. The Bertz CT molecular complexity index is 638. The van der Waals surface area contributed by atoms with Crippen molar-refractivity contribution in [1.29, 1.82) is 0 Å². The molecule has 1 heterocycles. The standard InChI is InChI=1S/C12H14BrFN4O/c1-6(2)16-11(19)5-18-10-3-7(13)8(14)4-9(10)17-12(18)15/h3-4,6H,5H2,1-2H3,(H2,15,17)(H,16,19). The van der Waals surface area contributed by atoms with Crippen molar-refractivity contribution in [3.63, 3.8) is 0 Å². The van der Waals surface area contributed by atoms with Crippen LogP contribution < -0.4 is 11.1 Å². The van der Waals surface area contributed by atoms with Gasteiger partial charge in [0, 0.05) is 12.1 Å². The zero-order valence-corrected chi connectivity index (χ0v) is 12.2. The van der Waals surface area contributed by atoms with Crippen LogP contribution in [-0.2, 0) is 11.3 Å². The predicted molar refractivity (Wildman–Crippen MR) is 75.1 cm³/mol. The van der Waals surface area contributed by atoms with E-state index in [4.69, 9.17) is 5.73 Å². The number of carbonyl (C=O) groups is 1. The normalized spacial score (nSPS) is 11.2. The number of nitrogens with zero attached hydrogens (tertiary/aromatic N) is 2. The summed E-state index contributed by atoms with van der Waals surface area (Å²) in [6.45, 7) is 3.80. The lowest BCUT2D eigenvalue weighted by Crippen LogP contribution is -2.33. The van der Waals surface area contributed by atoms with E-state index in [2.05, 4.69) is 26.2 Å². The van der Waals surface area contributed by atoms with Crippen LogP contribution in [0.25, 0.3) is 11.0 Å². The van der Waals surface area contributed by atoms with Crippen molar-refractivity contribution in [3.05, 3.63) is 22.4 Å². The van der Waals surface area contributed by atoms with Crippen molar-refractivity contribution in [2.24, 2.45) is 0 Å². The van der Waals surface area contributed by atoms with E-state index in [1.54, 1.807) is 10.6 Å². The summed E-state index contributed by atoms with van der Waals surface area (Å²) in [5.74, 6) is -0.392. The lowest BCUT2D eigenvalue weighted by molar-refractivity contribution is -0.122. The first-order valence-electron chi connectivity index (χ1n) is 5.78. The van der Waals surface area contributed by atoms with Crippen LogP contribution in [0.1, 0.15) is 13.8 Å². The number of benzene rings is 1. The highest BCUT2D eigenvalue weighted by Crippen LogP contribution is 2.25. The van der Waals surface area contributed by atoms with E-state index in [9.17, 15) is 9.18 Å². The van der Waals surface area contributed by atoms with Crippen molar-refractivity contribution in [1.82, 2.24) is 14.9 Å². The molecule has 0 saturated heterocycles. The molecule has 0 aliphatic heterocycles. The van der Waals surface area contributed by atoms with E-state index >= 15 is 0 Å². The summed E-state index contributed by atoms with van der Waals surface area (Å²) in [5.41, 5.74) is 6.81. The number of nitrogens with two attached hydrogens (primary N) is 1. The first kappa shape index (κ1) is 13.8. The summed E-state index contributed by atoms with van der Waals surface area (Å²) in [6, 6.07) is 2.90. The lowest BCUT2D eigenvalue weighted by atomic mass is 10.3. The zero-order valence-electron chi connectivity index (χ0n) is 10.6. The highest BCUT2D eigenvalue weighted by Gasteiger charge is 2.14. The summed E-state index contributed by atoms with van der Waals surface area (Å²) in [5, 5.41) is 2.77. The molecule has 0 saturated carbocycles. The number of fused-ring (bicyclic) bond motifs is 1. The van der Waals surface area contributed by atoms with Crippen LogP contribution >= 0.6 is 15.9 Å². The average Bonchev–Trinajstić information content (AvgIpc) is 2.56. The van der Waals surface area contributed by atoms with Crippen LogP contribution in [0.3, 0.4) is 0 Å². The van der Waals surface area contributed by atoms with Gasteiger partial charge in [-0.3, -0.25) is 4.79 Å². The highest BCUT2D eigenvalue weighted by atomic mass is 79.9. The molecule has 0 bridgehead atoms. The smallest absolute Gasteiger partial charge is 0.240 e. The Morgan fingerprint density at radius 2 is 2.26 bits per heavy atom. The molecule has 1 amide bonds. The molecule has 5 nitrogen and oxygen atoms in total. The molecule has 0 atom stereocenters. The van der Waals surface area contributed by atoms with Gasteiger partial charge >= 0.3 is 0 Å². The Balaban J connectivity index is 2.40. The van der Waals surface area contributed by atoms with Gasteiger partial charge in [-0.15, -0.1) is 0 Å². The number of nitrogens with one attached hydrogen (secondary N) is 1. The molecule has 0 aliphatic carbocycles. The molecule has 0 aliphatic rings. The van der Waals surface area contributed by atoms with Gasteiger partial charge in [0.25, 0.3) is 0 Å². The Morgan fingerprint density at radius 1 is 1.58 bits per heavy atom. The summed E-state index contributed by atoms with van der Waals surface area (Å²) < 4.78 is 15.3. The Morgan fingerprint density at radius 3 is 2.89 bits per heavy atom. The van der Waals surface area contributed by atoms with Crippen molar-refractivity contribution in [2.45, 2.75) is 26.4 Å². The van der Waals surface area contributed by atoms with E-state index in [0.29, 0.717) is 15.5 Å². The van der Waals surface area contributed by atoms with Crippen molar-refractivity contribution < 1.29 is 9.18 Å². The average molecular weight is 329 g/mol. The molecule has 2 aromatic rings. The third-order valence-electron chi connectivity index (χ3n) is 2.57. The largest absolute Gasteiger partial charge is 0.369 e. The number of hydrogen-bond donors (Lipinski definition) is 2. The molecule has 0 spiro atoms. The summed E-state index contributed by atoms with van der Waals surface area (Å²) in [4.78, 5) is 15.8. The Kier molecular flexibility index (Phi) is 3.75. The lowest BCUT2D eigenvalue weighted by Gasteiger charge is -2.10. The van der Waals surface area contributed by atoms with Crippen LogP contribution in [0, 0.1) is 5.82 Å². The highest BCUT2D eigenvalue weighted by molar-refractivity contribution is 9.10. The first-order chi connectivity index (χ1) is 8.88. The van der Waals surface area contributed by atoms with E-state index < -0.39 is 5.82 Å². The van der Waals surface area contributed by atoms with Crippen LogP contribution in [0.5, 0.6) is 0 Å². The molecule has 1 aromatic carbocycles. The molecule has 2 rings (SSSR count). The fourth-order valence-electron chi connectivity index (χ4n) is 1.82. The topological polar surface area (TPSA) is 72.9 Å². The molecule has 3 N–H and O–H groups in total. The fraction of sp³-hybridized carbons (Fsp3) is 0.333. The molecule has 19 heavy (non-hydrogen) atoms. The monoisotopic (exact) mass is 328 g/mol. The molecule has 1 aromatic heterocycles. The minimum atomic E-state index is -0.413. The van der Waals surface area contributed by atoms with Crippen LogP contribution in [0.2, 0.25) is 0 Å². The van der Waals surface area contributed by atoms with Crippen LogP contribution in [0.4, 0.5) is 10.3 Å². The van der Waals surface area contributed by atoms with Gasteiger partial charge in [0.2, 0.25) is 11.9 Å². The molecule has 0 fully saturated rings. The fourth-order valence-corrected chi connectivity index (χ4v) is 2.15. The zero-order chi connectivity index (χ0) is 14.2. The quantitative estimate of drug-likeness (QED) is 0.905. The number of halogens is 2. The predicted octanol–water partition coefficient (Wildman–Crippen LogP) is 2.04. The third kappa shape index (κ3) is 2.86. The van der Waals surface area contributed by atoms with E-state index in [-0.39, 0.29) is 24.4 Å². The summed E-state index contributed by atoms with van der Waals surface area (Å²) >= 11 is 3.11. The number of rotatable bonds is 3. The van der Waals surface area contributed by atoms with Gasteiger partial charge in [-0.05, 0) is 35.8 Å². The molecule has 0 unspecified atom stereocenters. The number of anilines is 1. The number of nitrogen functional groups attached to an aromatic ring is 1. The Hall–Kier alpha value is -1.63. The number of imidazole rings is 1.